The van der Waals surface area contributed by atoms with Gasteiger partial charge in [0.1, 0.15) is 0 Å². The van der Waals surface area contributed by atoms with Crippen LogP contribution in [0, 0.1) is 0 Å². The summed E-state index contributed by atoms with van der Waals surface area (Å²) in [6.45, 7) is 4.55. The lowest BCUT2D eigenvalue weighted by Gasteiger charge is -2.29. The Hall–Kier alpha value is -2.54. The lowest BCUT2D eigenvalue weighted by Crippen LogP contribution is -2.13. The minimum Gasteiger partial charge on any atom is -0.310 e. The predicted octanol–water partition coefficient (Wildman–Crippen LogP) is 7.84. The van der Waals surface area contributed by atoms with Gasteiger partial charge in [-0.3, -0.25) is 0 Å². The standard InChI is InChI=1S/C26H31N/c1-3-5-14-22-15-13-21-26(25(22)20-6-4-2)27(23-16-9-7-10-17-23)24-18-11-8-12-19-24/h7-13,15-19,21H,3-6,14,20H2,1-2H3. The molecular weight excluding hydrogens is 326 g/mol. The summed E-state index contributed by atoms with van der Waals surface area (Å²) in [5.41, 5.74) is 6.79. The van der Waals surface area contributed by atoms with Crippen LogP contribution in [0.15, 0.2) is 78.9 Å². The Kier molecular flexibility index (Phi) is 7.10. The van der Waals surface area contributed by atoms with E-state index in [1.54, 1.807) is 0 Å². The smallest absolute Gasteiger partial charge is 0.0496 e. The fourth-order valence-corrected chi connectivity index (χ4v) is 3.66. The van der Waals surface area contributed by atoms with Gasteiger partial charge in [-0.05, 0) is 67.1 Å². The Balaban J connectivity index is 2.13. The number of hydrogen-bond acceptors (Lipinski definition) is 1. The van der Waals surface area contributed by atoms with Crippen molar-refractivity contribution in [1.29, 1.82) is 0 Å². The average molecular weight is 358 g/mol. The summed E-state index contributed by atoms with van der Waals surface area (Å²) in [6, 6.07) is 28.3. The molecule has 1 heteroatoms. The Morgan fingerprint density at radius 2 is 1.15 bits per heavy atom. The SMILES string of the molecule is CCCCc1cccc(N(c2ccccc2)c2ccccc2)c1CCCC. The van der Waals surface area contributed by atoms with Crippen molar-refractivity contribution in [3.8, 4) is 0 Å². The van der Waals surface area contributed by atoms with Crippen molar-refractivity contribution < 1.29 is 0 Å². The van der Waals surface area contributed by atoms with Gasteiger partial charge in [0.25, 0.3) is 0 Å². The quantitative estimate of drug-likeness (QED) is 0.377. The first-order valence-corrected chi connectivity index (χ1v) is 10.4. The minimum atomic E-state index is 1.14. The third kappa shape index (κ3) is 4.80. The average Bonchev–Trinajstić information content (AvgIpc) is 2.73. The van der Waals surface area contributed by atoms with Crippen LogP contribution < -0.4 is 4.90 Å². The third-order valence-corrected chi connectivity index (χ3v) is 5.10. The molecule has 0 aliphatic carbocycles. The first-order chi connectivity index (χ1) is 13.3. The fourth-order valence-electron chi connectivity index (χ4n) is 3.66. The second-order valence-electron chi connectivity index (χ2n) is 7.13. The van der Waals surface area contributed by atoms with Gasteiger partial charge in [0.2, 0.25) is 0 Å². The van der Waals surface area contributed by atoms with Gasteiger partial charge in [0.05, 0.1) is 0 Å². The lowest BCUT2D eigenvalue weighted by atomic mass is 9.95. The fraction of sp³-hybridized carbons (Fsp3) is 0.308. The Morgan fingerprint density at radius 1 is 0.593 bits per heavy atom. The summed E-state index contributed by atoms with van der Waals surface area (Å²) in [5, 5.41) is 0. The van der Waals surface area contributed by atoms with Crippen LogP contribution in [0.1, 0.15) is 50.7 Å². The van der Waals surface area contributed by atoms with Crippen molar-refractivity contribution in [2.24, 2.45) is 0 Å². The molecule has 0 spiro atoms. The molecule has 0 amide bonds. The Labute approximate surface area is 164 Å². The second kappa shape index (κ2) is 9.97. The first kappa shape index (κ1) is 19.2. The molecule has 0 unspecified atom stereocenters. The molecule has 3 aromatic carbocycles. The zero-order chi connectivity index (χ0) is 18.9. The number of benzene rings is 3. The van der Waals surface area contributed by atoms with Crippen LogP contribution in [-0.4, -0.2) is 0 Å². The largest absolute Gasteiger partial charge is 0.310 e. The van der Waals surface area contributed by atoms with E-state index < -0.39 is 0 Å². The summed E-state index contributed by atoms with van der Waals surface area (Å²) < 4.78 is 0. The number of nitrogens with zero attached hydrogens (tertiary/aromatic N) is 1. The van der Waals surface area contributed by atoms with E-state index in [1.807, 2.05) is 0 Å². The van der Waals surface area contributed by atoms with E-state index in [1.165, 1.54) is 60.3 Å². The third-order valence-electron chi connectivity index (χ3n) is 5.10. The first-order valence-electron chi connectivity index (χ1n) is 10.4. The molecular formula is C26H31N. The molecule has 0 heterocycles. The number of hydrogen-bond donors (Lipinski definition) is 0. The lowest BCUT2D eigenvalue weighted by molar-refractivity contribution is 0.758. The van der Waals surface area contributed by atoms with E-state index in [-0.39, 0.29) is 0 Å². The van der Waals surface area contributed by atoms with Crippen molar-refractivity contribution in [3.05, 3.63) is 90.0 Å². The summed E-state index contributed by atoms with van der Waals surface area (Å²) in [6.07, 6.45) is 7.24. The topological polar surface area (TPSA) is 3.24 Å². The molecule has 0 saturated carbocycles. The van der Waals surface area contributed by atoms with Crippen molar-refractivity contribution in [3.63, 3.8) is 0 Å². The molecule has 0 aromatic heterocycles. The van der Waals surface area contributed by atoms with Gasteiger partial charge >= 0.3 is 0 Å². The Bertz CT molecular complexity index is 769. The van der Waals surface area contributed by atoms with Crippen molar-refractivity contribution in [2.45, 2.75) is 52.4 Å². The van der Waals surface area contributed by atoms with Crippen LogP contribution in [0.3, 0.4) is 0 Å². The second-order valence-corrected chi connectivity index (χ2v) is 7.13. The number of rotatable bonds is 9. The van der Waals surface area contributed by atoms with Crippen LogP contribution in [0.5, 0.6) is 0 Å². The van der Waals surface area contributed by atoms with E-state index in [4.69, 9.17) is 0 Å². The summed E-state index contributed by atoms with van der Waals surface area (Å²) >= 11 is 0. The molecule has 1 nitrogen and oxygen atoms in total. The van der Waals surface area contributed by atoms with Crippen molar-refractivity contribution in [1.82, 2.24) is 0 Å². The predicted molar refractivity (Wildman–Crippen MR) is 118 cm³/mol. The van der Waals surface area contributed by atoms with Crippen molar-refractivity contribution >= 4 is 17.1 Å². The number of anilines is 3. The summed E-state index contributed by atoms with van der Waals surface area (Å²) in [4.78, 5) is 2.42. The zero-order valence-corrected chi connectivity index (χ0v) is 16.7. The van der Waals surface area contributed by atoms with Crippen LogP contribution in [0.25, 0.3) is 0 Å². The van der Waals surface area contributed by atoms with Gasteiger partial charge in [0, 0.05) is 17.1 Å². The molecule has 0 N–H and O–H groups in total. The van der Waals surface area contributed by atoms with Gasteiger partial charge in [-0.15, -0.1) is 0 Å². The van der Waals surface area contributed by atoms with Gasteiger partial charge < -0.3 is 4.90 Å². The maximum absolute atomic E-state index is 2.42. The monoisotopic (exact) mass is 357 g/mol. The van der Waals surface area contributed by atoms with Gasteiger partial charge in [-0.2, -0.15) is 0 Å². The van der Waals surface area contributed by atoms with Gasteiger partial charge in [-0.1, -0.05) is 75.2 Å². The van der Waals surface area contributed by atoms with Crippen LogP contribution in [0.2, 0.25) is 0 Å². The molecule has 0 atom stereocenters. The molecule has 0 aliphatic rings. The highest BCUT2D eigenvalue weighted by molar-refractivity contribution is 5.79. The molecule has 0 aliphatic heterocycles. The van der Waals surface area contributed by atoms with E-state index in [9.17, 15) is 0 Å². The summed E-state index contributed by atoms with van der Waals surface area (Å²) in [7, 11) is 0. The highest BCUT2D eigenvalue weighted by Gasteiger charge is 2.17. The normalized spacial score (nSPS) is 10.7. The molecule has 140 valence electrons. The number of para-hydroxylation sites is 2. The van der Waals surface area contributed by atoms with E-state index in [0.717, 1.165) is 6.42 Å². The summed E-state index contributed by atoms with van der Waals surface area (Å²) in [5.74, 6) is 0. The van der Waals surface area contributed by atoms with Gasteiger partial charge in [0.15, 0.2) is 0 Å². The van der Waals surface area contributed by atoms with E-state index in [2.05, 4.69) is 97.6 Å². The molecule has 3 rings (SSSR count). The zero-order valence-electron chi connectivity index (χ0n) is 16.7. The highest BCUT2D eigenvalue weighted by atomic mass is 15.1. The van der Waals surface area contributed by atoms with Crippen LogP contribution in [0.4, 0.5) is 17.1 Å². The molecule has 0 saturated heterocycles. The maximum atomic E-state index is 2.42. The highest BCUT2D eigenvalue weighted by Crippen LogP contribution is 2.38. The maximum Gasteiger partial charge on any atom is 0.0496 e. The van der Waals surface area contributed by atoms with E-state index in [0.29, 0.717) is 0 Å². The molecule has 3 aromatic rings. The molecule has 0 fully saturated rings. The van der Waals surface area contributed by atoms with Crippen molar-refractivity contribution in [2.75, 3.05) is 4.90 Å². The molecule has 0 bridgehead atoms. The Morgan fingerprint density at radius 3 is 1.70 bits per heavy atom. The van der Waals surface area contributed by atoms with Gasteiger partial charge in [-0.25, -0.2) is 0 Å². The van der Waals surface area contributed by atoms with E-state index >= 15 is 0 Å². The number of unbranched alkanes of at least 4 members (excludes halogenated alkanes) is 2. The molecule has 27 heavy (non-hydrogen) atoms. The minimum absolute atomic E-state index is 1.14. The molecule has 0 radical (unpaired) electrons. The van der Waals surface area contributed by atoms with Crippen LogP contribution >= 0.6 is 0 Å². The van der Waals surface area contributed by atoms with Crippen LogP contribution in [-0.2, 0) is 12.8 Å². The number of aryl methyl sites for hydroxylation is 1.